The van der Waals surface area contributed by atoms with E-state index in [2.05, 4.69) is 6.58 Å². The van der Waals surface area contributed by atoms with Crippen molar-refractivity contribution in [1.29, 1.82) is 0 Å². The molecule has 0 spiro atoms. The second-order valence-electron chi connectivity index (χ2n) is 5.47. The first-order chi connectivity index (χ1) is 11.2. The number of para-hydroxylation sites is 1. The summed E-state index contributed by atoms with van der Waals surface area (Å²) in [6.45, 7) is 4.28. The van der Waals surface area contributed by atoms with Gasteiger partial charge in [-0.3, -0.25) is 4.90 Å². The van der Waals surface area contributed by atoms with Gasteiger partial charge < -0.3 is 9.15 Å². The third-order valence-corrected chi connectivity index (χ3v) is 4.07. The SMILES string of the molecule is C=c1oc2ccccc2/c1=C\N1C(=O)OCC1c1ccccc1. The van der Waals surface area contributed by atoms with Crippen molar-refractivity contribution in [2.24, 2.45) is 0 Å². The molecule has 23 heavy (non-hydrogen) atoms. The van der Waals surface area contributed by atoms with Crippen LogP contribution in [0.25, 0.3) is 23.7 Å². The Hall–Kier alpha value is -3.01. The lowest BCUT2D eigenvalue weighted by Crippen LogP contribution is -2.28. The minimum atomic E-state index is -0.358. The van der Waals surface area contributed by atoms with E-state index in [0.717, 1.165) is 21.8 Å². The fourth-order valence-electron chi connectivity index (χ4n) is 2.90. The number of nitrogens with zero attached hydrogens (tertiary/aromatic N) is 1. The van der Waals surface area contributed by atoms with E-state index in [1.807, 2.05) is 54.6 Å². The Labute approximate surface area is 132 Å². The first-order valence-corrected chi connectivity index (χ1v) is 7.42. The van der Waals surface area contributed by atoms with Crippen LogP contribution in [0.2, 0.25) is 0 Å². The van der Waals surface area contributed by atoms with Crippen LogP contribution in [0.15, 0.2) is 59.0 Å². The Bertz CT molecular complexity index is 975. The number of fused-ring (bicyclic) bond motifs is 1. The molecule has 1 aliphatic rings. The maximum Gasteiger partial charge on any atom is 0.414 e. The first-order valence-electron chi connectivity index (χ1n) is 7.42. The molecule has 1 saturated heterocycles. The molecule has 2 heterocycles. The Balaban J connectivity index is 1.86. The van der Waals surface area contributed by atoms with Crippen LogP contribution in [-0.4, -0.2) is 17.6 Å². The zero-order valence-electron chi connectivity index (χ0n) is 12.4. The van der Waals surface area contributed by atoms with Gasteiger partial charge in [-0.1, -0.05) is 55.1 Å². The number of furan rings is 1. The summed E-state index contributed by atoms with van der Waals surface area (Å²) >= 11 is 0. The number of amides is 1. The van der Waals surface area contributed by atoms with Gasteiger partial charge in [-0.2, -0.15) is 0 Å². The van der Waals surface area contributed by atoms with Gasteiger partial charge in [-0.15, -0.1) is 0 Å². The summed E-state index contributed by atoms with van der Waals surface area (Å²) in [5, 5.41) is 1.74. The van der Waals surface area contributed by atoms with Crippen molar-refractivity contribution >= 4 is 29.8 Å². The van der Waals surface area contributed by atoms with Crippen LogP contribution >= 0.6 is 0 Å². The Morgan fingerprint density at radius 2 is 1.83 bits per heavy atom. The van der Waals surface area contributed by atoms with Gasteiger partial charge in [-0.25, -0.2) is 4.79 Å². The molecule has 4 rings (SSSR count). The van der Waals surface area contributed by atoms with Gasteiger partial charge in [0.15, 0.2) is 0 Å². The molecule has 0 bridgehead atoms. The van der Waals surface area contributed by atoms with E-state index in [1.165, 1.54) is 0 Å². The Kier molecular flexibility index (Phi) is 3.15. The zero-order valence-corrected chi connectivity index (χ0v) is 12.4. The average molecular weight is 305 g/mol. The van der Waals surface area contributed by atoms with Gasteiger partial charge in [0.25, 0.3) is 0 Å². The predicted octanol–water partition coefficient (Wildman–Crippen LogP) is 2.77. The molecule has 1 unspecified atom stereocenters. The maximum absolute atomic E-state index is 12.2. The van der Waals surface area contributed by atoms with Crippen molar-refractivity contribution in [3.63, 3.8) is 0 Å². The highest BCUT2D eigenvalue weighted by atomic mass is 16.6. The van der Waals surface area contributed by atoms with Crippen molar-refractivity contribution in [3.05, 3.63) is 70.8 Å². The molecular formula is C19H15NO3. The van der Waals surface area contributed by atoms with Gasteiger partial charge in [0.05, 0.1) is 6.04 Å². The molecule has 0 N–H and O–H groups in total. The number of hydrogen-bond donors (Lipinski definition) is 0. The largest absolute Gasteiger partial charge is 0.457 e. The summed E-state index contributed by atoms with van der Waals surface area (Å²) < 4.78 is 10.9. The first kappa shape index (κ1) is 13.6. The van der Waals surface area contributed by atoms with Crippen molar-refractivity contribution < 1.29 is 13.9 Å². The summed E-state index contributed by atoms with van der Waals surface area (Å²) in [7, 11) is 0. The van der Waals surface area contributed by atoms with Gasteiger partial charge >= 0.3 is 6.09 Å². The minimum absolute atomic E-state index is 0.142. The molecule has 0 radical (unpaired) electrons. The summed E-state index contributed by atoms with van der Waals surface area (Å²) in [5.41, 5.74) is 2.33. The van der Waals surface area contributed by atoms with Crippen LogP contribution < -0.4 is 10.6 Å². The molecule has 1 fully saturated rings. The highest BCUT2D eigenvalue weighted by molar-refractivity contribution is 5.81. The van der Waals surface area contributed by atoms with E-state index in [1.54, 1.807) is 11.1 Å². The fourth-order valence-corrected chi connectivity index (χ4v) is 2.90. The molecule has 1 atom stereocenters. The lowest BCUT2D eigenvalue weighted by Gasteiger charge is -2.17. The molecule has 114 valence electrons. The van der Waals surface area contributed by atoms with Crippen LogP contribution in [0.4, 0.5) is 4.79 Å². The molecular weight excluding hydrogens is 290 g/mol. The minimum Gasteiger partial charge on any atom is -0.457 e. The van der Waals surface area contributed by atoms with Crippen LogP contribution in [-0.2, 0) is 4.74 Å². The summed E-state index contributed by atoms with van der Waals surface area (Å²) in [6, 6.07) is 17.4. The van der Waals surface area contributed by atoms with Gasteiger partial charge in [0, 0.05) is 16.8 Å². The summed E-state index contributed by atoms with van der Waals surface area (Å²) in [6.07, 6.45) is 1.42. The van der Waals surface area contributed by atoms with Crippen molar-refractivity contribution in [2.45, 2.75) is 6.04 Å². The number of carbonyl (C=O) groups excluding carboxylic acids is 1. The molecule has 0 aliphatic carbocycles. The molecule has 4 heteroatoms. The molecule has 0 saturated carbocycles. The van der Waals surface area contributed by atoms with Gasteiger partial charge in [0.1, 0.15) is 17.6 Å². The number of carbonyl (C=O) groups is 1. The van der Waals surface area contributed by atoms with Crippen LogP contribution in [0.3, 0.4) is 0 Å². The third-order valence-electron chi connectivity index (χ3n) is 4.07. The van der Waals surface area contributed by atoms with E-state index in [0.29, 0.717) is 12.0 Å². The standard InChI is InChI=1S/C19H15NO3/c1-13-16(15-9-5-6-10-18(15)23-13)11-20-17(12-22-19(20)21)14-7-3-2-4-8-14/h2-11,17H,1,12H2/b16-11-. The van der Waals surface area contributed by atoms with Crippen LogP contribution in [0.5, 0.6) is 0 Å². The quantitative estimate of drug-likeness (QED) is 0.731. The van der Waals surface area contributed by atoms with Crippen LogP contribution in [0, 0.1) is 0 Å². The van der Waals surface area contributed by atoms with Crippen molar-refractivity contribution in [2.75, 3.05) is 6.61 Å². The number of hydrogen-bond acceptors (Lipinski definition) is 3. The normalized spacial score (nSPS) is 18.6. The number of cyclic esters (lactones) is 1. The summed E-state index contributed by atoms with van der Waals surface area (Å²) in [4.78, 5) is 13.8. The second kappa shape index (κ2) is 5.32. The van der Waals surface area contributed by atoms with Crippen molar-refractivity contribution in [1.82, 2.24) is 4.90 Å². The van der Waals surface area contributed by atoms with E-state index >= 15 is 0 Å². The monoisotopic (exact) mass is 305 g/mol. The molecule has 4 nitrogen and oxygen atoms in total. The fraction of sp³-hybridized carbons (Fsp3) is 0.105. The molecule has 2 aromatic carbocycles. The lowest BCUT2D eigenvalue weighted by molar-refractivity contribution is 0.168. The van der Waals surface area contributed by atoms with Gasteiger partial charge in [0.2, 0.25) is 0 Å². The molecule has 1 amide bonds. The molecule has 3 aromatic rings. The maximum atomic E-state index is 12.2. The second-order valence-corrected chi connectivity index (χ2v) is 5.47. The van der Waals surface area contributed by atoms with E-state index in [9.17, 15) is 4.79 Å². The highest BCUT2D eigenvalue weighted by Gasteiger charge is 2.32. The smallest absolute Gasteiger partial charge is 0.414 e. The summed E-state index contributed by atoms with van der Waals surface area (Å²) in [5.74, 6) is 0. The van der Waals surface area contributed by atoms with E-state index in [-0.39, 0.29) is 12.1 Å². The lowest BCUT2D eigenvalue weighted by atomic mass is 10.1. The van der Waals surface area contributed by atoms with Crippen molar-refractivity contribution in [3.8, 4) is 0 Å². The number of benzene rings is 2. The third kappa shape index (κ3) is 2.28. The highest BCUT2D eigenvalue weighted by Crippen LogP contribution is 2.27. The Morgan fingerprint density at radius 1 is 1.09 bits per heavy atom. The number of rotatable bonds is 2. The van der Waals surface area contributed by atoms with Crippen LogP contribution in [0.1, 0.15) is 11.6 Å². The van der Waals surface area contributed by atoms with E-state index < -0.39 is 0 Å². The molecule has 1 aromatic heterocycles. The zero-order chi connectivity index (χ0) is 15.8. The average Bonchev–Trinajstić information content (AvgIpc) is 3.10. The number of ether oxygens (including phenoxy) is 1. The van der Waals surface area contributed by atoms with Gasteiger partial charge in [-0.05, 0) is 11.6 Å². The van der Waals surface area contributed by atoms with E-state index in [4.69, 9.17) is 9.15 Å². The molecule has 1 aliphatic heterocycles. The topological polar surface area (TPSA) is 42.7 Å². The predicted molar refractivity (Wildman–Crippen MR) is 87.8 cm³/mol. The Morgan fingerprint density at radius 3 is 2.65 bits per heavy atom.